The maximum absolute atomic E-state index is 12.5. The molecule has 0 aliphatic rings. The fourth-order valence-electron chi connectivity index (χ4n) is 1.23. The molecule has 0 saturated carbocycles. The summed E-state index contributed by atoms with van der Waals surface area (Å²) in [5.74, 6) is -0.898. The first-order valence-electron chi connectivity index (χ1n) is 4.25. The van der Waals surface area contributed by atoms with Crippen LogP contribution in [0.5, 0.6) is 0 Å². The second-order valence-electron chi connectivity index (χ2n) is 3.11. The van der Waals surface area contributed by atoms with Crippen LogP contribution >= 0.6 is 15.9 Å². The van der Waals surface area contributed by atoms with Gasteiger partial charge in [0.15, 0.2) is 0 Å². The highest BCUT2D eigenvalue weighted by molar-refractivity contribution is 9.10. The molecular weight excluding hydrogens is 307 g/mol. The van der Waals surface area contributed by atoms with E-state index in [-0.39, 0.29) is 10.2 Å². The van der Waals surface area contributed by atoms with Crippen LogP contribution in [0.2, 0.25) is 0 Å². The topological polar surface area (TPSA) is 48.3 Å². The second-order valence-corrected chi connectivity index (χ2v) is 3.96. The molecule has 0 aliphatic carbocycles. The number of carbonyl (C=O) groups excluding carboxylic acids is 1. The van der Waals surface area contributed by atoms with Gasteiger partial charge < -0.3 is 9.30 Å². The van der Waals surface area contributed by atoms with Crippen LogP contribution in [0.15, 0.2) is 15.3 Å². The molecule has 1 heterocycles. The zero-order valence-electron chi connectivity index (χ0n) is 8.76. The Morgan fingerprint density at radius 3 is 2.41 bits per heavy atom. The van der Waals surface area contributed by atoms with E-state index in [0.717, 1.165) is 14.2 Å². The SMILES string of the molecule is COC(=O)c1c(Br)cc(C(F)(F)F)c(=O)n1C. The van der Waals surface area contributed by atoms with E-state index in [4.69, 9.17) is 0 Å². The number of alkyl halides is 3. The van der Waals surface area contributed by atoms with Gasteiger partial charge in [-0.2, -0.15) is 13.2 Å². The minimum Gasteiger partial charge on any atom is -0.464 e. The number of nitrogens with zero attached hydrogens (tertiary/aromatic N) is 1. The predicted molar refractivity (Wildman–Crippen MR) is 55.7 cm³/mol. The van der Waals surface area contributed by atoms with Crippen molar-refractivity contribution in [3.8, 4) is 0 Å². The molecule has 0 N–H and O–H groups in total. The first-order valence-corrected chi connectivity index (χ1v) is 5.04. The average molecular weight is 314 g/mol. The third-order valence-electron chi connectivity index (χ3n) is 2.05. The number of methoxy groups -OCH3 is 1. The molecule has 0 radical (unpaired) electrons. The van der Waals surface area contributed by atoms with E-state index in [1.807, 2.05) is 0 Å². The smallest absolute Gasteiger partial charge is 0.421 e. The van der Waals surface area contributed by atoms with Crippen molar-refractivity contribution in [3.05, 3.63) is 32.2 Å². The lowest BCUT2D eigenvalue weighted by Crippen LogP contribution is -2.31. The van der Waals surface area contributed by atoms with Crippen molar-refractivity contribution < 1.29 is 22.7 Å². The van der Waals surface area contributed by atoms with E-state index in [0.29, 0.717) is 10.6 Å². The molecule has 1 aromatic heterocycles. The van der Waals surface area contributed by atoms with E-state index in [9.17, 15) is 22.8 Å². The number of hydrogen-bond donors (Lipinski definition) is 0. The molecule has 0 fully saturated rings. The molecule has 0 unspecified atom stereocenters. The van der Waals surface area contributed by atoms with Crippen molar-refractivity contribution in [3.63, 3.8) is 0 Å². The summed E-state index contributed by atoms with van der Waals surface area (Å²) in [6.07, 6.45) is -4.77. The zero-order valence-corrected chi connectivity index (χ0v) is 10.3. The average Bonchev–Trinajstić information content (AvgIpc) is 2.21. The van der Waals surface area contributed by atoms with E-state index in [1.165, 1.54) is 0 Å². The molecule has 0 atom stereocenters. The van der Waals surface area contributed by atoms with Gasteiger partial charge >= 0.3 is 12.1 Å². The Morgan fingerprint density at radius 1 is 1.47 bits per heavy atom. The largest absolute Gasteiger partial charge is 0.464 e. The van der Waals surface area contributed by atoms with Crippen molar-refractivity contribution >= 4 is 21.9 Å². The summed E-state index contributed by atoms with van der Waals surface area (Å²) in [5.41, 5.74) is -2.92. The summed E-state index contributed by atoms with van der Waals surface area (Å²) in [7, 11) is 2.13. The van der Waals surface area contributed by atoms with Crippen LogP contribution in [0.1, 0.15) is 16.1 Å². The minimum atomic E-state index is -4.77. The fourth-order valence-corrected chi connectivity index (χ4v) is 1.89. The van der Waals surface area contributed by atoms with E-state index < -0.39 is 23.3 Å². The Hall–Kier alpha value is -1.31. The van der Waals surface area contributed by atoms with Crippen molar-refractivity contribution in [1.82, 2.24) is 4.57 Å². The fraction of sp³-hybridized carbons (Fsp3) is 0.333. The number of ether oxygens (including phenoxy) is 1. The lowest BCUT2D eigenvalue weighted by atomic mass is 10.2. The van der Waals surface area contributed by atoms with Gasteiger partial charge in [-0.15, -0.1) is 0 Å². The first-order chi connectivity index (χ1) is 7.70. The summed E-state index contributed by atoms with van der Waals surface area (Å²) < 4.78 is 42.2. The van der Waals surface area contributed by atoms with Crippen LogP contribution in [0.25, 0.3) is 0 Å². The molecule has 94 valence electrons. The molecule has 0 spiro atoms. The number of hydrogen-bond acceptors (Lipinski definition) is 3. The minimum absolute atomic E-state index is 0.154. The normalized spacial score (nSPS) is 11.4. The summed E-state index contributed by atoms with van der Waals surface area (Å²) in [6.45, 7) is 0. The number of halogens is 4. The molecule has 0 bridgehead atoms. The quantitative estimate of drug-likeness (QED) is 0.745. The van der Waals surface area contributed by atoms with Crippen LogP contribution in [-0.4, -0.2) is 17.6 Å². The van der Waals surface area contributed by atoms with Gasteiger partial charge in [0.05, 0.1) is 7.11 Å². The molecule has 1 aromatic rings. The summed E-state index contributed by atoms with van der Waals surface area (Å²) in [5, 5.41) is 0. The summed E-state index contributed by atoms with van der Waals surface area (Å²) >= 11 is 2.81. The number of esters is 1. The van der Waals surface area contributed by atoms with E-state index in [1.54, 1.807) is 0 Å². The van der Waals surface area contributed by atoms with Crippen LogP contribution in [0.4, 0.5) is 13.2 Å². The van der Waals surface area contributed by atoms with Gasteiger partial charge in [-0.1, -0.05) is 0 Å². The zero-order chi connectivity index (χ0) is 13.4. The Morgan fingerprint density at radius 2 is 2.00 bits per heavy atom. The molecule has 0 amide bonds. The Bertz CT molecular complexity index is 521. The Kier molecular flexibility index (Phi) is 3.65. The van der Waals surface area contributed by atoms with Gasteiger partial charge in [0.2, 0.25) is 0 Å². The highest BCUT2D eigenvalue weighted by atomic mass is 79.9. The van der Waals surface area contributed by atoms with Crippen LogP contribution in [0.3, 0.4) is 0 Å². The molecule has 4 nitrogen and oxygen atoms in total. The second kappa shape index (κ2) is 4.52. The van der Waals surface area contributed by atoms with Crippen molar-refractivity contribution in [2.45, 2.75) is 6.18 Å². The van der Waals surface area contributed by atoms with Gasteiger partial charge in [-0.3, -0.25) is 4.79 Å². The molecule has 8 heteroatoms. The first kappa shape index (κ1) is 13.8. The standard InChI is InChI=1S/C9H7BrF3NO3/c1-14-6(8(16)17-2)5(10)3-4(7(14)15)9(11,12)13/h3H,1-2H3. The van der Waals surface area contributed by atoms with Crippen LogP contribution < -0.4 is 5.56 Å². The predicted octanol–water partition coefficient (Wildman–Crippen LogP) is 1.95. The van der Waals surface area contributed by atoms with E-state index in [2.05, 4.69) is 20.7 Å². The Balaban J connectivity index is 3.59. The van der Waals surface area contributed by atoms with Gasteiger partial charge in [-0.25, -0.2) is 4.79 Å². The molecule has 0 aliphatic heterocycles. The monoisotopic (exact) mass is 313 g/mol. The highest BCUT2D eigenvalue weighted by Gasteiger charge is 2.36. The number of rotatable bonds is 1. The van der Waals surface area contributed by atoms with Crippen molar-refractivity contribution in [2.75, 3.05) is 7.11 Å². The third kappa shape index (κ3) is 2.51. The Labute approximate surface area is 102 Å². The molecule has 17 heavy (non-hydrogen) atoms. The van der Waals surface area contributed by atoms with Crippen molar-refractivity contribution in [2.24, 2.45) is 7.05 Å². The summed E-state index contributed by atoms with van der Waals surface area (Å²) in [6, 6.07) is 0.564. The maximum Gasteiger partial charge on any atom is 0.421 e. The molecule has 1 rings (SSSR count). The van der Waals surface area contributed by atoms with Gasteiger partial charge in [0.25, 0.3) is 5.56 Å². The third-order valence-corrected chi connectivity index (χ3v) is 2.66. The molecular formula is C9H7BrF3NO3. The highest BCUT2D eigenvalue weighted by Crippen LogP contribution is 2.29. The van der Waals surface area contributed by atoms with Crippen molar-refractivity contribution in [1.29, 1.82) is 0 Å². The number of pyridine rings is 1. The van der Waals surface area contributed by atoms with Gasteiger partial charge in [0, 0.05) is 11.5 Å². The molecule has 0 aromatic carbocycles. The number of carbonyl (C=O) groups is 1. The molecule has 0 saturated heterocycles. The maximum atomic E-state index is 12.5. The number of aromatic nitrogens is 1. The van der Waals surface area contributed by atoms with Gasteiger partial charge in [-0.05, 0) is 22.0 Å². The lowest BCUT2D eigenvalue weighted by molar-refractivity contribution is -0.139. The van der Waals surface area contributed by atoms with E-state index >= 15 is 0 Å². The lowest BCUT2D eigenvalue weighted by Gasteiger charge is -2.12. The summed E-state index contributed by atoms with van der Waals surface area (Å²) in [4.78, 5) is 22.7. The van der Waals surface area contributed by atoms with Crippen LogP contribution in [-0.2, 0) is 18.0 Å². The van der Waals surface area contributed by atoms with Crippen LogP contribution in [0, 0.1) is 0 Å². The van der Waals surface area contributed by atoms with Gasteiger partial charge in [0.1, 0.15) is 11.3 Å².